The van der Waals surface area contributed by atoms with Gasteiger partial charge in [0.25, 0.3) is 5.19 Å². The van der Waals surface area contributed by atoms with Crippen LogP contribution >= 0.6 is 23.6 Å². The summed E-state index contributed by atoms with van der Waals surface area (Å²) in [5, 5.41) is 8.08. The van der Waals surface area contributed by atoms with E-state index in [0.29, 0.717) is 25.0 Å². The standard InChI is InChI=1S/C17H30N4O3S2/c1-4-23-11-5-8-18-15(22)14-6-9-20(10-7-14)12-21-17(25)26-16(19-21)24-13(2)3/h13-14H,4-12H2,1-3H3,(H,18,22). The van der Waals surface area contributed by atoms with Gasteiger partial charge in [0.2, 0.25) is 5.91 Å². The van der Waals surface area contributed by atoms with E-state index in [0.717, 1.165) is 42.9 Å². The Morgan fingerprint density at radius 1 is 1.42 bits per heavy atom. The highest BCUT2D eigenvalue weighted by Gasteiger charge is 2.25. The predicted molar refractivity (Wildman–Crippen MR) is 105 cm³/mol. The number of aromatic nitrogens is 2. The fourth-order valence-corrected chi connectivity index (χ4v) is 3.87. The second-order valence-corrected chi connectivity index (χ2v) is 8.26. The lowest BCUT2D eigenvalue weighted by Gasteiger charge is -2.30. The third-order valence-electron chi connectivity index (χ3n) is 4.19. The first-order valence-electron chi connectivity index (χ1n) is 9.32. The third-order valence-corrected chi connectivity index (χ3v) is 5.38. The molecule has 2 heterocycles. The van der Waals surface area contributed by atoms with Gasteiger partial charge in [0.15, 0.2) is 3.95 Å². The van der Waals surface area contributed by atoms with Gasteiger partial charge in [0, 0.05) is 38.8 Å². The van der Waals surface area contributed by atoms with Crippen LogP contribution in [0.5, 0.6) is 5.19 Å². The van der Waals surface area contributed by atoms with E-state index < -0.39 is 0 Å². The Balaban J connectivity index is 1.72. The predicted octanol–water partition coefficient (Wildman–Crippen LogP) is 2.67. The Morgan fingerprint density at radius 2 is 2.15 bits per heavy atom. The topological polar surface area (TPSA) is 68.6 Å². The number of hydrogen-bond acceptors (Lipinski definition) is 7. The molecular formula is C17H30N4O3S2. The average molecular weight is 403 g/mol. The summed E-state index contributed by atoms with van der Waals surface area (Å²) < 4.78 is 13.4. The molecule has 0 unspecified atom stereocenters. The monoisotopic (exact) mass is 402 g/mol. The molecule has 26 heavy (non-hydrogen) atoms. The number of nitrogens with zero attached hydrogens (tertiary/aromatic N) is 3. The Hall–Kier alpha value is -1.03. The normalized spacial score (nSPS) is 16.2. The first-order chi connectivity index (χ1) is 12.5. The van der Waals surface area contributed by atoms with Gasteiger partial charge in [-0.25, -0.2) is 4.68 Å². The largest absolute Gasteiger partial charge is 0.466 e. The van der Waals surface area contributed by atoms with Gasteiger partial charge < -0.3 is 14.8 Å². The van der Waals surface area contributed by atoms with Crippen LogP contribution < -0.4 is 10.1 Å². The third kappa shape index (κ3) is 6.94. The average Bonchev–Trinajstić information content (AvgIpc) is 2.93. The summed E-state index contributed by atoms with van der Waals surface area (Å²) in [6.07, 6.45) is 2.68. The number of amides is 1. The second-order valence-electron chi connectivity index (χ2n) is 6.68. The lowest BCUT2D eigenvalue weighted by atomic mass is 9.96. The van der Waals surface area contributed by atoms with Crippen molar-refractivity contribution in [3.8, 4) is 5.19 Å². The lowest BCUT2D eigenvalue weighted by molar-refractivity contribution is -0.126. The molecule has 1 amide bonds. The Morgan fingerprint density at radius 3 is 2.81 bits per heavy atom. The van der Waals surface area contributed by atoms with Gasteiger partial charge in [-0.15, -0.1) is 5.10 Å². The van der Waals surface area contributed by atoms with Gasteiger partial charge in [-0.05, 0) is 63.6 Å². The summed E-state index contributed by atoms with van der Waals surface area (Å²) in [4.78, 5) is 14.5. The summed E-state index contributed by atoms with van der Waals surface area (Å²) in [7, 11) is 0. The molecule has 1 aliphatic heterocycles. The van der Waals surface area contributed by atoms with Crippen molar-refractivity contribution in [2.75, 3.05) is 32.8 Å². The number of hydrogen-bond donors (Lipinski definition) is 1. The van der Waals surface area contributed by atoms with Crippen LogP contribution in [-0.2, 0) is 16.2 Å². The molecule has 0 bridgehead atoms. The van der Waals surface area contributed by atoms with Crippen LogP contribution in [0.15, 0.2) is 0 Å². The van der Waals surface area contributed by atoms with Crippen molar-refractivity contribution in [1.29, 1.82) is 0 Å². The number of nitrogens with one attached hydrogen (secondary N) is 1. The van der Waals surface area contributed by atoms with E-state index in [-0.39, 0.29) is 17.9 Å². The van der Waals surface area contributed by atoms with Crippen LogP contribution in [-0.4, -0.2) is 59.5 Å². The van der Waals surface area contributed by atoms with Gasteiger partial charge in [0.1, 0.15) is 0 Å². The SMILES string of the molecule is CCOCCCNC(=O)C1CCN(Cn2nc(OC(C)C)sc2=S)CC1. The van der Waals surface area contributed by atoms with E-state index in [1.54, 1.807) is 0 Å². The number of likely N-dealkylation sites (tertiary alicyclic amines) is 1. The molecule has 0 atom stereocenters. The fourth-order valence-electron chi connectivity index (χ4n) is 2.83. The van der Waals surface area contributed by atoms with Gasteiger partial charge in [0.05, 0.1) is 12.8 Å². The van der Waals surface area contributed by atoms with Gasteiger partial charge in [-0.3, -0.25) is 9.69 Å². The van der Waals surface area contributed by atoms with Crippen LogP contribution in [0.4, 0.5) is 0 Å². The maximum atomic E-state index is 12.2. The maximum absolute atomic E-state index is 12.2. The summed E-state index contributed by atoms with van der Waals surface area (Å²) in [5.41, 5.74) is 0. The van der Waals surface area contributed by atoms with Crippen molar-refractivity contribution in [2.24, 2.45) is 5.92 Å². The quantitative estimate of drug-likeness (QED) is 0.479. The van der Waals surface area contributed by atoms with Crippen molar-refractivity contribution >= 4 is 29.5 Å². The molecular weight excluding hydrogens is 372 g/mol. The molecule has 2 rings (SSSR count). The van der Waals surface area contributed by atoms with Crippen molar-refractivity contribution in [3.05, 3.63) is 3.95 Å². The maximum Gasteiger partial charge on any atom is 0.293 e. The van der Waals surface area contributed by atoms with Crippen LogP contribution in [0.25, 0.3) is 0 Å². The summed E-state index contributed by atoms with van der Waals surface area (Å²) in [6.45, 7) is 10.4. The van der Waals surface area contributed by atoms with Gasteiger partial charge in [-0.1, -0.05) is 0 Å². The summed E-state index contributed by atoms with van der Waals surface area (Å²) >= 11 is 6.77. The van der Waals surface area contributed by atoms with Crippen molar-refractivity contribution in [2.45, 2.75) is 52.8 Å². The van der Waals surface area contributed by atoms with Crippen LogP contribution in [0.2, 0.25) is 0 Å². The van der Waals surface area contributed by atoms with Crippen molar-refractivity contribution in [3.63, 3.8) is 0 Å². The van der Waals surface area contributed by atoms with E-state index in [2.05, 4.69) is 15.3 Å². The molecule has 1 aromatic heterocycles. The number of piperidine rings is 1. The van der Waals surface area contributed by atoms with E-state index in [1.165, 1.54) is 11.3 Å². The molecule has 1 N–H and O–H groups in total. The van der Waals surface area contributed by atoms with Crippen molar-refractivity contribution in [1.82, 2.24) is 20.0 Å². The highest BCUT2D eigenvalue weighted by atomic mass is 32.1. The van der Waals surface area contributed by atoms with Crippen LogP contribution in [0.3, 0.4) is 0 Å². The molecule has 1 saturated heterocycles. The molecule has 148 valence electrons. The van der Waals surface area contributed by atoms with Gasteiger partial charge >= 0.3 is 0 Å². The summed E-state index contributed by atoms with van der Waals surface area (Å²) in [5.74, 6) is 0.264. The minimum Gasteiger partial charge on any atom is -0.466 e. The van der Waals surface area contributed by atoms with E-state index >= 15 is 0 Å². The Kier molecular flexibility index (Phi) is 8.97. The highest BCUT2D eigenvalue weighted by molar-refractivity contribution is 7.73. The smallest absolute Gasteiger partial charge is 0.293 e. The highest BCUT2D eigenvalue weighted by Crippen LogP contribution is 2.21. The first-order valence-corrected chi connectivity index (χ1v) is 10.5. The number of carbonyl (C=O) groups is 1. The van der Waals surface area contributed by atoms with Crippen LogP contribution in [0, 0.1) is 9.87 Å². The first kappa shape index (κ1) is 21.3. The molecule has 0 saturated carbocycles. The molecule has 7 nitrogen and oxygen atoms in total. The molecule has 9 heteroatoms. The fraction of sp³-hybridized carbons (Fsp3) is 0.824. The molecule has 1 aromatic rings. The van der Waals surface area contributed by atoms with E-state index in [4.69, 9.17) is 21.7 Å². The van der Waals surface area contributed by atoms with Gasteiger partial charge in [-0.2, -0.15) is 0 Å². The molecule has 1 aliphatic rings. The number of ether oxygens (including phenoxy) is 2. The second kappa shape index (κ2) is 11.0. The number of carbonyl (C=O) groups excluding carboxylic acids is 1. The number of rotatable bonds is 10. The molecule has 0 spiro atoms. The zero-order chi connectivity index (χ0) is 18.9. The molecule has 0 radical (unpaired) electrons. The summed E-state index contributed by atoms with van der Waals surface area (Å²) in [6, 6.07) is 0. The Bertz CT molecular complexity index is 609. The molecule has 1 fully saturated rings. The lowest BCUT2D eigenvalue weighted by Crippen LogP contribution is -2.41. The van der Waals surface area contributed by atoms with Crippen LogP contribution in [0.1, 0.15) is 40.0 Å². The minimum atomic E-state index is 0.0896. The molecule has 0 aromatic carbocycles. The zero-order valence-electron chi connectivity index (χ0n) is 15.9. The minimum absolute atomic E-state index is 0.0896. The van der Waals surface area contributed by atoms with E-state index in [9.17, 15) is 4.79 Å². The van der Waals surface area contributed by atoms with Crippen molar-refractivity contribution < 1.29 is 14.3 Å². The Labute approximate surface area is 164 Å². The zero-order valence-corrected chi connectivity index (χ0v) is 17.5. The molecule has 0 aliphatic carbocycles. The van der Waals surface area contributed by atoms with E-state index in [1.807, 2.05) is 25.5 Å².